The number of hydrogen-bond acceptors (Lipinski definition) is 5. The average molecular weight is 510 g/mol. The van der Waals surface area contributed by atoms with E-state index in [0.717, 1.165) is 20.6 Å². The van der Waals surface area contributed by atoms with Gasteiger partial charge in [-0.25, -0.2) is 8.42 Å². The van der Waals surface area contributed by atoms with Crippen LogP contribution in [-0.2, 0) is 19.6 Å². The number of anilines is 2. The van der Waals surface area contributed by atoms with Gasteiger partial charge in [0.25, 0.3) is 5.91 Å². The van der Waals surface area contributed by atoms with E-state index in [1.807, 2.05) is 6.92 Å². The maximum atomic E-state index is 12.9. The molecule has 0 unspecified atom stereocenters. The van der Waals surface area contributed by atoms with Crippen LogP contribution in [0.15, 0.2) is 46.9 Å². The first kappa shape index (κ1) is 23.2. The number of nitrogens with zero attached hydrogens (tertiary/aromatic N) is 2. The lowest BCUT2D eigenvalue weighted by atomic mass is 10.1. The highest BCUT2D eigenvalue weighted by Crippen LogP contribution is 2.25. The van der Waals surface area contributed by atoms with E-state index in [4.69, 9.17) is 4.74 Å². The summed E-state index contributed by atoms with van der Waals surface area (Å²) in [5.41, 5.74) is 1.91. The van der Waals surface area contributed by atoms with Gasteiger partial charge in [0, 0.05) is 17.6 Å². The Bertz CT molecular complexity index is 1080. The third kappa shape index (κ3) is 5.84. The number of rotatable bonds is 6. The number of nitrogens with one attached hydrogen (secondary N) is 1. The molecule has 0 atom stereocenters. The highest BCUT2D eigenvalue weighted by atomic mass is 79.9. The minimum Gasteiger partial charge on any atom is -0.378 e. The van der Waals surface area contributed by atoms with Crippen molar-refractivity contribution >= 4 is 49.1 Å². The first-order valence-electron chi connectivity index (χ1n) is 9.66. The van der Waals surface area contributed by atoms with Crippen molar-refractivity contribution in [2.24, 2.45) is 0 Å². The highest BCUT2D eigenvalue weighted by molar-refractivity contribution is 9.10. The van der Waals surface area contributed by atoms with Crippen LogP contribution >= 0.6 is 15.9 Å². The molecule has 0 aliphatic carbocycles. The van der Waals surface area contributed by atoms with Gasteiger partial charge in [-0.2, -0.15) is 0 Å². The van der Waals surface area contributed by atoms with Crippen LogP contribution in [0, 0.1) is 6.92 Å². The largest absolute Gasteiger partial charge is 0.378 e. The summed E-state index contributed by atoms with van der Waals surface area (Å²) in [6, 6.07) is 11.7. The lowest BCUT2D eigenvalue weighted by molar-refractivity contribution is -0.114. The number of carbonyl (C=O) groups excluding carboxylic acids is 2. The molecule has 2 aromatic rings. The molecule has 0 aromatic heterocycles. The summed E-state index contributed by atoms with van der Waals surface area (Å²) in [5, 5.41) is 2.70. The molecule has 0 radical (unpaired) electrons. The predicted molar refractivity (Wildman–Crippen MR) is 123 cm³/mol. The van der Waals surface area contributed by atoms with Crippen molar-refractivity contribution in [3.05, 3.63) is 58.1 Å². The van der Waals surface area contributed by atoms with Crippen molar-refractivity contribution in [3.8, 4) is 0 Å². The highest BCUT2D eigenvalue weighted by Gasteiger charge is 2.24. The first-order valence-corrected chi connectivity index (χ1v) is 12.3. The fourth-order valence-electron chi connectivity index (χ4n) is 3.22. The van der Waals surface area contributed by atoms with Crippen LogP contribution in [0.4, 0.5) is 11.4 Å². The van der Waals surface area contributed by atoms with Gasteiger partial charge in [0.1, 0.15) is 6.54 Å². The maximum absolute atomic E-state index is 12.9. The van der Waals surface area contributed by atoms with Gasteiger partial charge in [-0.1, -0.05) is 28.1 Å². The molecule has 3 rings (SSSR count). The number of para-hydroxylation sites is 1. The van der Waals surface area contributed by atoms with Crippen molar-refractivity contribution in [2.75, 3.05) is 48.7 Å². The van der Waals surface area contributed by atoms with Gasteiger partial charge in [0.05, 0.1) is 36.4 Å². The van der Waals surface area contributed by atoms with Gasteiger partial charge >= 0.3 is 0 Å². The van der Waals surface area contributed by atoms with Gasteiger partial charge in [-0.05, 0) is 42.8 Å². The Hall–Kier alpha value is -2.43. The summed E-state index contributed by atoms with van der Waals surface area (Å²) in [6.45, 7) is 3.31. The van der Waals surface area contributed by atoms with Crippen LogP contribution in [0.3, 0.4) is 0 Å². The fraction of sp³-hybridized carbons (Fsp3) is 0.333. The Kier molecular flexibility index (Phi) is 7.34. The zero-order chi connectivity index (χ0) is 22.6. The van der Waals surface area contributed by atoms with Crippen LogP contribution in [0.2, 0.25) is 0 Å². The molecule has 31 heavy (non-hydrogen) atoms. The summed E-state index contributed by atoms with van der Waals surface area (Å²) < 4.78 is 31.9. The van der Waals surface area contributed by atoms with E-state index >= 15 is 0 Å². The monoisotopic (exact) mass is 509 g/mol. The van der Waals surface area contributed by atoms with E-state index in [1.54, 1.807) is 47.4 Å². The first-order chi connectivity index (χ1) is 14.7. The van der Waals surface area contributed by atoms with Gasteiger partial charge in [-0.15, -0.1) is 0 Å². The van der Waals surface area contributed by atoms with E-state index in [2.05, 4.69) is 21.2 Å². The topological polar surface area (TPSA) is 96.0 Å². The molecule has 1 saturated heterocycles. The molecule has 10 heteroatoms. The van der Waals surface area contributed by atoms with Crippen LogP contribution in [0.25, 0.3) is 0 Å². The molecule has 1 aliphatic rings. The number of morpholine rings is 1. The van der Waals surface area contributed by atoms with E-state index in [0.29, 0.717) is 43.2 Å². The lowest BCUT2D eigenvalue weighted by Crippen LogP contribution is -2.41. The molecule has 166 valence electrons. The third-order valence-corrected chi connectivity index (χ3v) is 6.88. The van der Waals surface area contributed by atoms with Crippen molar-refractivity contribution in [2.45, 2.75) is 6.92 Å². The van der Waals surface area contributed by atoms with Crippen molar-refractivity contribution in [1.29, 1.82) is 0 Å². The lowest BCUT2D eigenvalue weighted by Gasteiger charge is -2.27. The number of carbonyl (C=O) groups is 2. The average Bonchev–Trinajstić information content (AvgIpc) is 2.74. The second-order valence-corrected chi connectivity index (χ2v) is 9.96. The number of ether oxygens (including phenoxy) is 1. The quantitative estimate of drug-likeness (QED) is 0.645. The summed E-state index contributed by atoms with van der Waals surface area (Å²) >= 11 is 3.39. The molecule has 2 aromatic carbocycles. The number of hydrogen-bond donors (Lipinski definition) is 1. The maximum Gasteiger partial charge on any atom is 0.256 e. The van der Waals surface area contributed by atoms with E-state index < -0.39 is 22.5 Å². The van der Waals surface area contributed by atoms with Crippen LogP contribution in [-0.4, -0.2) is 64.2 Å². The zero-order valence-corrected chi connectivity index (χ0v) is 19.7. The number of benzene rings is 2. The Morgan fingerprint density at radius 1 is 1.16 bits per heavy atom. The van der Waals surface area contributed by atoms with Crippen LogP contribution in [0.5, 0.6) is 0 Å². The smallest absolute Gasteiger partial charge is 0.256 e. The molecule has 1 aliphatic heterocycles. The SMILES string of the molecule is Cc1cc(N(CC(=O)Nc2ccccc2C(=O)N2CCOCC2)S(C)(=O)=O)ccc1Br. The van der Waals surface area contributed by atoms with Crippen molar-refractivity contribution in [3.63, 3.8) is 0 Å². The molecule has 0 bridgehead atoms. The Morgan fingerprint density at radius 2 is 1.84 bits per heavy atom. The zero-order valence-electron chi connectivity index (χ0n) is 17.3. The fourth-order valence-corrected chi connectivity index (χ4v) is 4.31. The van der Waals surface area contributed by atoms with Crippen LogP contribution in [0.1, 0.15) is 15.9 Å². The standard InChI is InChI=1S/C21H24BrN3O5S/c1-15-13-16(7-8-18(15)22)25(31(2,28)29)14-20(26)23-19-6-4-3-5-17(19)21(27)24-9-11-30-12-10-24/h3-8,13H,9-12,14H2,1-2H3,(H,23,26). The summed E-state index contributed by atoms with van der Waals surface area (Å²) in [7, 11) is -3.71. The summed E-state index contributed by atoms with van der Waals surface area (Å²) in [5.74, 6) is -0.754. The number of sulfonamides is 1. The molecule has 1 heterocycles. The molecule has 8 nitrogen and oxygen atoms in total. The van der Waals surface area contributed by atoms with Gasteiger partial charge < -0.3 is 15.0 Å². The number of halogens is 1. The van der Waals surface area contributed by atoms with E-state index in [9.17, 15) is 18.0 Å². The minimum absolute atomic E-state index is 0.206. The Labute approximate surface area is 190 Å². The van der Waals surface area contributed by atoms with Crippen molar-refractivity contribution in [1.82, 2.24) is 4.90 Å². The predicted octanol–water partition coefficient (Wildman–Crippen LogP) is 2.63. The minimum atomic E-state index is -3.71. The molecular weight excluding hydrogens is 486 g/mol. The van der Waals surface area contributed by atoms with E-state index in [-0.39, 0.29) is 5.91 Å². The summed E-state index contributed by atoms with van der Waals surface area (Å²) in [6.07, 6.45) is 1.05. The molecule has 0 spiro atoms. The third-order valence-electron chi connectivity index (χ3n) is 4.85. The van der Waals surface area contributed by atoms with Gasteiger partial charge in [-0.3, -0.25) is 13.9 Å². The number of amides is 2. The number of aryl methyl sites for hydroxylation is 1. The van der Waals surface area contributed by atoms with E-state index in [1.165, 1.54) is 0 Å². The molecular formula is C21H24BrN3O5S. The van der Waals surface area contributed by atoms with Gasteiger partial charge in [0.2, 0.25) is 15.9 Å². The second-order valence-electron chi connectivity index (χ2n) is 7.20. The Morgan fingerprint density at radius 3 is 2.48 bits per heavy atom. The molecule has 0 saturated carbocycles. The molecule has 1 fully saturated rings. The van der Waals surface area contributed by atoms with Crippen molar-refractivity contribution < 1.29 is 22.7 Å². The molecule has 2 amide bonds. The van der Waals surface area contributed by atoms with Crippen LogP contribution < -0.4 is 9.62 Å². The van der Waals surface area contributed by atoms with Gasteiger partial charge in [0.15, 0.2) is 0 Å². The molecule has 1 N–H and O–H groups in total. The summed E-state index contributed by atoms with van der Waals surface area (Å²) in [4.78, 5) is 27.3. The Balaban J connectivity index is 1.80. The normalized spacial score (nSPS) is 14.2. The second kappa shape index (κ2) is 9.80.